The lowest BCUT2D eigenvalue weighted by Crippen LogP contribution is -2.55. The van der Waals surface area contributed by atoms with Crippen LogP contribution in [0.15, 0.2) is 28.8 Å². The third-order valence-electron chi connectivity index (χ3n) is 5.17. The second-order valence-corrected chi connectivity index (χ2v) is 8.54. The summed E-state index contributed by atoms with van der Waals surface area (Å²) in [6, 6.07) is 6.45. The maximum absolute atomic E-state index is 12.4. The number of amides is 3. The lowest BCUT2D eigenvalue weighted by Gasteiger charge is -2.36. The van der Waals surface area contributed by atoms with Crippen LogP contribution in [0.1, 0.15) is 26.7 Å². The number of nitrogens with one attached hydrogen (secondary N) is 2. The third kappa shape index (κ3) is 6.75. The van der Waals surface area contributed by atoms with Crippen molar-refractivity contribution in [2.75, 3.05) is 32.7 Å². The first-order valence-electron chi connectivity index (χ1n) is 10.5. The Balaban J connectivity index is 1.44. The van der Waals surface area contributed by atoms with E-state index in [-0.39, 0.29) is 11.9 Å². The normalized spacial score (nSPS) is 16.3. The number of benzene rings is 1. The van der Waals surface area contributed by atoms with Gasteiger partial charge in [-0.2, -0.15) is 4.98 Å². The maximum atomic E-state index is 12.4. The highest BCUT2D eigenvalue weighted by Crippen LogP contribution is 2.19. The van der Waals surface area contributed by atoms with Gasteiger partial charge in [0.2, 0.25) is 17.6 Å². The van der Waals surface area contributed by atoms with Gasteiger partial charge in [0.15, 0.2) is 0 Å². The molecule has 31 heavy (non-hydrogen) atoms. The van der Waals surface area contributed by atoms with E-state index in [9.17, 15) is 9.59 Å². The molecule has 1 atom stereocenters. The van der Waals surface area contributed by atoms with Crippen molar-refractivity contribution in [3.63, 3.8) is 0 Å². The molecular weight excluding hydrogens is 420 g/mol. The Kier molecular flexibility index (Phi) is 8.00. The second-order valence-electron chi connectivity index (χ2n) is 8.10. The molecule has 3 rings (SSSR count). The van der Waals surface area contributed by atoms with Crippen LogP contribution in [0.5, 0.6) is 0 Å². The van der Waals surface area contributed by atoms with E-state index in [0.29, 0.717) is 48.8 Å². The Morgan fingerprint density at radius 1 is 1.13 bits per heavy atom. The molecule has 1 saturated heterocycles. The highest BCUT2D eigenvalue weighted by Gasteiger charge is 2.27. The molecule has 10 heteroatoms. The van der Waals surface area contributed by atoms with Crippen molar-refractivity contribution < 1.29 is 14.1 Å². The number of halogens is 1. The molecule has 1 aromatic carbocycles. The van der Waals surface area contributed by atoms with Gasteiger partial charge < -0.3 is 9.84 Å². The Morgan fingerprint density at radius 3 is 2.45 bits per heavy atom. The Bertz CT molecular complexity index is 877. The lowest BCUT2D eigenvalue weighted by atomic mass is 10.2. The first kappa shape index (κ1) is 23.2. The standard InChI is InChI=1S/C21H29ClN6O3/c1-14(2)12-23-21(30)25-20(29)15(3)28-10-8-27(9-11-28)13-18-24-19(26-31-18)16-4-6-17(22)7-5-16/h4-7,14-15H,8-13H2,1-3H3,(H2,23,25,29,30). The summed E-state index contributed by atoms with van der Waals surface area (Å²) in [5.41, 5.74) is 0.849. The lowest BCUT2D eigenvalue weighted by molar-refractivity contribution is -0.125. The topological polar surface area (TPSA) is 104 Å². The minimum absolute atomic E-state index is 0.292. The average Bonchev–Trinajstić information content (AvgIpc) is 3.21. The molecule has 2 aromatic rings. The van der Waals surface area contributed by atoms with Gasteiger partial charge in [-0.15, -0.1) is 0 Å². The van der Waals surface area contributed by atoms with E-state index in [0.717, 1.165) is 18.7 Å². The smallest absolute Gasteiger partial charge is 0.321 e. The van der Waals surface area contributed by atoms with Crippen molar-refractivity contribution in [1.29, 1.82) is 0 Å². The van der Waals surface area contributed by atoms with Crippen LogP contribution in [0, 0.1) is 5.92 Å². The number of carbonyl (C=O) groups is 2. The first-order valence-corrected chi connectivity index (χ1v) is 10.8. The van der Waals surface area contributed by atoms with Gasteiger partial charge in [-0.3, -0.25) is 19.9 Å². The molecule has 1 aliphatic heterocycles. The van der Waals surface area contributed by atoms with E-state index in [1.807, 2.05) is 32.9 Å². The number of urea groups is 1. The van der Waals surface area contributed by atoms with Crippen molar-refractivity contribution in [2.24, 2.45) is 5.92 Å². The van der Waals surface area contributed by atoms with Gasteiger partial charge in [0.25, 0.3) is 0 Å². The molecule has 0 spiro atoms. The molecule has 9 nitrogen and oxygen atoms in total. The van der Waals surface area contributed by atoms with Crippen LogP contribution in [0.25, 0.3) is 11.4 Å². The van der Waals surface area contributed by atoms with Gasteiger partial charge in [0, 0.05) is 43.3 Å². The summed E-state index contributed by atoms with van der Waals surface area (Å²) in [5.74, 6) is 1.11. The summed E-state index contributed by atoms with van der Waals surface area (Å²) in [6.07, 6.45) is 0. The molecule has 0 radical (unpaired) electrons. The average molecular weight is 449 g/mol. The van der Waals surface area contributed by atoms with E-state index in [4.69, 9.17) is 16.1 Å². The van der Waals surface area contributed by atoms with Crippen LogP contribution in [0.4, 0.5) is 4.79 Å². The zero-order valence-electron chi connectivity index (χ0n) is 18.1. The molecule has 0 saturated carbocycles. The zero-order valence-corrected chi connectivity index (χ0v) is 18.9. The molecule has 1 fully saturated rings. The molecule has 2 heterocycles. The minimum Gasteiger partial charge on any atom is -0.338 e. The van der Waals surface area contributed by atoms with Crippen LogP contribution in [0.3, 0.4) is 0 Å². The summed E-state index contributed by atoms with van der Waals surface area (Å²) in [6.45, 7) is 9.83. The van der Waals surface area contributed by atoms with E-state index in [1.54, 1.807) is 12.1 Å². The highest BCUT2D eigenvalue weighted by atomic mass is 35.5. The van der Waals surface area contributed by atoms with E-state index < -0.39 is 6.03 Å². The number of aromatic nitrogens is 2. The van der Waals surface area contributed by atoms with Gasteiger partial charge in [0.05, 0.1) is 12.6 Å². The third-order valence-corrected chi connectivity index (χ3v) is 5.42. The SMILES string of the molecule is CC(C)CNC(=O)NC(=O)C(C)N1CCN(Cc2nc(-c3ccc(Cl)cc3)no2)CC1. The number of hydrogen-bond donors (Lipinski definition) is 2. The first-order chi connectivity index (χ1) is 14.8. The summed E-state index contributed by atoms with van der Waals surface area (Å²) < 4.78 is 5.39. The van der Waals surface area contributed by atoms with Gasteiger partial charge in [-0.05, 0) is 37.1 Å². The predicted octanol–water partition coefficient (Wildman–Crippen LogP) is 2.38. The molecule has 3 amide bonds. The zero-order chi connectivity index (χ0) is 22.4. The fraction of sp³-hybridized carbons (Fsp3) is 0.524. The van der Waals surface area contributed by atoms with Crippen LogP contribution < -0.4 is 10.6 Å². The Morgan fingerprint density at radius 2 is 1.81 bits per heavy atom. The van der Waals surface area contributed by atoms with Crippen LogP contribution in [-0.4, -0.2) is 70.6 Å². The monoisotopic (exact) mass is 448 g/mol. The summed E-state index contributed by atoms with van der Waals surface area (Å²) in [5, 5.41) is 9.81. The van der Waals surface area contributed by atoms with E-state index in [1.165, 1.54) is 0 Å². The van der Waals surface area contributed by atoms with Crippen molar-refractivity contribution in [3.8, 4) is 11.4 Å². The summed E-state index contributed by atoms with van der Waals surface area (Å²) >= 11 is 5.92. The molecule has 1 aromatic heterocycles. The van der Waals surface area contributed by atoms with Crippen molar-refractivity contribution >= 4 is 23.5 Å². The van der Waals surface area contributed by atoms with Gasteiger partial charge in [0.1, 0.15) is 0 Å². The number of rotatable bonds is 7. The molecular formula is C21H29ClN6O3. The Hall–Kier alpha value is -2.49. The maximum Gasteiger partial charge on any atom is 0.321 e. The second kappa shape index (κ2) is 10.7. The van der Waals surface area contributed by atoms with Crippen LogP contribution in [0.2, 0.25) is 5.02 Å². The number of hydrogen-bond acceptors (Lipinski definition) is 7. The summed E-state index contributed by atoms with van der Waals surface area (Å²) in [7, 11) is 0. The van der Waals surface area contributed by atoms with E-state index >= 15 is 0 Å². The molecule has 1 unspecified atom stereocenters. The fourth-order valence-corrected chi connectivity index (χ4v) is 3.38. The fourth-order valence-electron chi connectivity index (χ4n) is 3.26. The van der Waals surface area contributed by atoms with Crippen molar-refractivity contribution in [3.05, 3.63) is 35.2 Å². The molecule has 0 aliphatic carbocycles. The largest absolute Gasteiger partial charge is 0.338 e. The van der Waals surface area contributed by atoms with Crippen LogP contribution in [-0.2, 0) is 11.3 Å². The van der Waals surface area contributed by atoms with E-state index in [2.05, 4.69) is 30.6 Å². The number of carbonyl (C=O) groups excluding carboxylic acids is 2. The van der Waals surface area contributed by atoms with Crippen LogP contribution >= 0.6 is 11.6 Å². The van der Waals surface area contributed by atoms with Gasteiger partial charge in [-0.25, -0.2) is 4.79 Å². The minimum atomic E-state index is -0.447. The molecule has 1 aliphatic rings. The van der Waals surface area contributed by atoms with Crippen molar-refractivity contribution in [1.82, 2.24) is 30.6 Å². The predicted molar refractivity (Wildman–Crippen MR) is 117 cm³/mol. The van der Waals surface area contributed by atoms with Crippen molar-refractivity contribution in [2.45, 2.75) is 33.4 Å². The molecule has 2 N–H and O–H groups in total. The van der Waals surface area contributed by atoms with Gasteiger partial charge in [-0.1, -0.05) is 30.6 Å². The quantitative estimate of drug-likeness (QED) is 0.670. The van der Waals surface area contributed by atoms with Gasteiger partial charge >= 0.3 is 6.03 Å². The number of piperazine rings is 1. The highest BCUT2D eigenvalue weighted by molar-refractivity contribution is 6.30. The molecule has 0 bridgehead atoms. The molecule has 168 valence electrons. The number of imide groups is 1. The number of nitrogens with zero attached hydrogens (tertiary/aromatic N) is 4. The Labute approximate surface area is 187 Å². The summed E-state index contributed by atoms with van der Waals surface area (Å²) in [4.78, 5) is 32.9.